The van der Waals surface area contributed by atoms with E-state index in [0.29, 0.717) is 4.99 Å². The Balaban J connectivity index is 2.34. The average molecular weight is 313 g/mol. The van der Waals surface area contributed by atoms with Crippen molar-refractivity contribution in [2.75, 3.05) is 0 Å². The minimum Gasteiger partial charge on any atom is -0.457 e. The van der Waals surface area contributed by atoms with Gasteiger partial charge in [-0.05, 0) is 47.7 Å². The fourth-order valence-electron chi connectivity index (χ4n) is 2.29. The van der Waals surface area contributed by atoms with Crippen LogP contribution in [0.2, 0.25) is 0 Å². The van der Waals surface area contributed by atoms with E-state index < -0.39 is 0 Å². The molecule has 2 N–H and O–H groups in total. The van der Waals surface area contributed by atoms with E-state index >= 15 is 0 Å². The lowest BCUT2D eigenvalue weighted by Crippen LogP contribution is -2.13. The van der Waals surface area contributed by atoms with Crippen LogP contribution in [0.3, 0.4) is 0 Å². The monoisotopic (exact) mass is 313 g/mol. The summed E-state index contributed by atoms with van der Waals surface area (Å²) in [6.45, 7) is 8.76. The standard InChI is InChI=1S/C19H23NOS/c1-5-13-6-11-17(16(12-13)19(2,3)4)21-15-9-7-14(8-10-15)18(20)22/h6-12H,5H2,1-4H3,(H2,20,22). The van der Waals surface area contributed by atoms with Gasteiger partial charge in [-0.3, -0.25) is 0 Å². The Hall–Kier alpha value is -1.87. The molecule has 0 aliphatic rings. The van der Waals surface area contributed by atoms with Gasteiger partial charge in [0, 0.05) is 11.1 Å². The van der Waals surface area contributed by atoms with Crippen LogP contribution in [0.1, 0.15) is 44.4 Å². The fourth-order valence-corrected chi connectivity index (χ4v) is 2.42. The molecule has 22 heavy (non-hydrogen) atoms. The van der Waals surface area contributed by atoms with Gasteiger partial charge in [0.2, 0.25) is 0 Å². The van der Waals surface area contributed by atoms with E-state index in [2.05, 4.69) is 45.9 Å². The zero-order valence-electron chi connectivity index (χ0n) is 13.6. The summed E-state index contributed by atoms with van der Waals surface area (Å²) in [4.78, 5) is 0.397. The Morgan fingerprint density at radius 2 is 1.73 bits per heavy atom. The third-order valence-electron chi connectivity index (χ3n) is 3.63. The molecule has 0 bridgehead atoms. The number of hydrogen-bond acceptors (Lipinski definition) is 2. The predicted molar refractivity (Wildman–Crippen MR) is 96.9 cm³/mol. The Bertz CT molecular complexity index is 669. The van der Waals surface area contributed by atoms with E-state index in [1.807, 2.05) is 24.3 Å². The lowest BCUT2D eigenvalue weighted by molar-refractivity contribution is 0.455. The van der Waals surface area contributed by atoms with Crippen LogP contribution < -0.4 is 10.5 Å². The highest BCUT2D eigenvalue weighted by Crippen LogP contribution is 2.35. The summed E-state index contributed by atoms with van der Waals surface area (Å²) < 4.78 is 6.09. The van der Waals surface area contributed by atoms with Crippen molar-refractivity contribution in [2.45, 2.75) is 39.5 Å². The molecular weight excluding hydrogens is 290 g/mol. The maximum atomic E-state index is 6.09. The van der Waals surface area contributed by atoms with Crippen LogP contribution in [-0.2, 0) is 11.8 Å². The van der Waals surface area contributed by atoms with Gasteiger partial charge in [-0.1, -0.05) is 52.0 Å². The third kappa shape index (κ3) is 3.86. The molecule has 0 saturated carbocycles. The van der Waals surface area contributed by atoms with E-state index in [1.165, 1.54) is 11.1 Å². The average Bonchev–Trinajstić information content (AvgIpc) is 2.47. The quantitative estimate of drug-likeness (QED) is 0.809. The van der Waals surface area contributed by atoms with Crippen molar-refractivity contribution in [3.05, 3.63) is 59.2 Å². The van der Waals surface area contributed by atoms with Crippen LogP contribution in [0.5, 0.6) is 11.5 Å². The number of hydrogen-bond donors (Lipinski definition) is 1. The first-order valence-corrected chi connectivity index (χ1v) is 7.93. The summed E-state index contributed by atoms with van der Waals surface area (Å²) in [6, 6.07) is 14.0. The largest absolute Gasteiger partial charge is 0.457 e. The summed E-state index contributed by atoms with van der Waals surface area (Å²) in [5.74, 6) is 1.68. The lowest BCUT2D eigenvalue weighted by Gasteiger charge is -2.23. The molecular formula is C19H23NOS. The highest BCUT2D eigenvalue weighted by molar-refractivity contribution is 7.80. The zero-order chi connectivity index (χ0) is 16.3. The Kier molecular flexibility index (Phi) is 4.87. The van der Waals surface area contributed by atoms with Crippen molar-refractivity contribution in [1.29, 1.82) is 0 Å². The van der Waals surface area contributed by atoms with Crippen molar-refractivity contribution in [1.82, 2.24) is 0 Å². The van der Waals surface area contributed by atoms with Crippen molar-refractivity contribution < 1.29 is 4.74 Å². The predicted octanol–water partition coefficient (Wildman–Crippen LogP) is 4.97. The molecule has 2 aromatic carbocycles. The summed E-state index contributed by atoms with van der Waals surface area (Å²) in [6.07, 6.45) is 1.02. The minimum atomic E-state index is 0.0271. The number of ether oxygens (including phenoxy) is 1. The SMILES string of the molecule is CCc1ccc(Oc2ccc(C(N)=S)cc2)c(C(C)(C)C)c1. The maximum absolute atomic E-state index is 6.09. The first-order chi connectivity index (χ1) is 10.3. The van der Waals surface area contributed by atoms with Gasteiger partial charge in [-0.15, -0.1) is 0 Å². The zero-order valence-corrected chi connectivity index (χ0v) is 14.5. The number of aryl methyl sites for hydroxylation is 1. The van der Waals surface area contributed by atoms with Gasteiger partial charge in [0.25, 0.3) is 0 Å². The molecule has 0 amide bonds. The van der Waals surface area contributed by atoms with Crippen LogP contribution in [0.25, 0.3) is 0 Å². The number of nitrogens with two attached hydrogens (primary N) is 1. The van der Waals surface area contributed by atoms with Gasteiger partial charge in [0.15, 0.2) is 0 Å². The molecule has 0 fully saturated rings. The van der Waals surface area contributed by atoms with Crippen molar-refractivity contribution in [3.8, 4) is 11.5 Å². The molecule has 0 saturated heterocycles. The topological polar surface area (TPSA) is 35.2 Å². The number of rotatable bonds is 4. The second kappa shape index (κ2) is 6.49. The van der Waals surface area contributed by atoms with Gasteiger partial charge < -0.3 is 10.5 Å². The first-order valence-electron chi connectivity index (χ1n) is 7.52. The summed E-state index contributed by atoms with van der Waals surface area (Å²) in [7, 11) is 0. The van der Waals surface area contributed by atoms with Crippen LogP contribution in [0.15, 0.2) is 42.5 Å². The third-order valence-corrected chi connectivity index (χ3v) is 3.86. The van der Waals surface area contributed by atoms with E-state index in [-0.39, 0.29) is 5.41 Å². The van der Waals surface area contributed by atoms with E-state index in [9.17, 15) is 0 Å². The maximum Gasteiger partial charge on any atom is 0.131 e. The van der Waals surface area contributed by atoms with Crippen LogP contribution in [0.4, 0.5) is 0 Å². The van der Waals surface area contributed by atoms with Crippen molar-refractivity contribution in [3.63, 3.8) is 0 Å². The van der Waals surface area contributed by atoms with Crippen molar-refractivity contribution >= 4 is 17.2 Å². The van der Waals surface area contributed by atoms with Gasteiger partial charge in [0.05, 0.1) is 0 Å². The van der Waals surface area contributed by atoms with Gasteiger partial charge in [0.1, 0.15) is 16.5 Å². The molecule has 0 spiro atoms. The van der Waals surface area contributed by atoms with E-state index in [0.717, 1.165) is 23.5 Å². The molecule has 0 heterocycles. The first kappa shape index (κ1) is 16.5. The van der Waals surface area contributed by atoms with Gasteiger partial charge in [-0.2, -0.15) is 0 Å². The molecule has 3 heteroatoms. The Labute approximate surface area is 138 Å². The molecule has 0 aromatic heterocycles. The smallest absolute Gasteiger partial charge is 0.131 e. The normalized spacial score (nSPS) is 11.3. The van der Waals surface area contributed by atoms with Crippen LogP contribution in [0, 0.1) is 0 Å². The molecule has 0 atom stereocenters. The van der Waals surface area contributed by atoms with Crippen LogP contribution in [-0.4, -0.2) is 4.99 Å². The molecule has 2 nitrogen and oxygen atoms in total. The number of benzene rings is 2. The lowest BCUT2D eigenvalue weighted by atomic mass is 9.85. The second-order valence-corrected chi connectivity index (χ2v) is 6.86. The Morgan fingerprint density at radius 1 is 1.09 bits per heavy atom. The summed E-state index contributed by atoms with van der Waals surface area (Å²) in [5, 5.41) is 0. The highest BCUT2D eigenvalue weighted by atomic mass is 32.1. The molecule has 0 radical (unpaired) electrons. The van der Waals surface area contributed by atoms with Gasteiger partial charge >= 0.3 is 0 Å². The van der Waals surface area contributed by atoms with E-state index in [4.69, 9.17) is 22.7 Å². The molecule has 116 valence electrons. The minimum absolute atomic E-state index is 0.0271. The molecule has 2 aromatic rings. The summed E-state index contributed by atoms with van der Waals surface area (Å²) in [5.41, 5.74) is 9.03. The van der Waals surface area contributed by atoms with Gasteiger partial charge in [-0.25, -0.2) is 0 Å². The summed E-state index contributed by atoms with van der Waals surface area (Å²) >= 11 is 4.97. The highest BCUT2D eigenvalue weighted by Gasteiger charge is 2.19. The molecule has 0 aliphatic heterocycles. The second-order valence-electron chi connectivity index (χ2n) is 6.42. The number of thiocarbonyl (C=S) groups is 1. The Morgan fingerprint density at radius 3 is 2.23 bits per heavy atom. The molecule has 2 rings (SSSR count). The van der Waals surface area contributed by atoms with E-state index in [1.54, 1.807) is 0 Å². The van der Waals surface area contributed by atoms with Crippen molar-refractivity contribution in [2.24, 2.45) is 5.73 Å². The molecule has 0 aliphatic carbocycles. The fraction of sp³-hybridized carbons (Fsp3) is 0.316. The van der Waals surface area contributed by atoms with Crippen LogP contribution >= 0.6 is 12.2 Å². The molecule has 0 unspecified atom stereocenters.